The first-order valence-corrected chi connectivity index (χ1v) is 7.18. The minimum Gasteiger partial charge on any atom is -0.381 e. The van der Waals surface area contributed by atoms with Crippen molar-refractivity contribution in [1.82, 2.24) is 4.90 Å². The number of rotatable bonds is 2. The molecule has 3 aliphatic heterocycles. The quantitative estimate of drug-likeness (QED) is 0.735. The fourth-order valence-electron chi connectivity index (χ4n) is 3.79. The van der Waals surface area contributed by atoms with Crippen molar-refractivity contribution < 1.29 is 9.53 Å². The van der Waals surface area contributed by atoms with Crippen LogP contribution in [0.2, 0.25) is 0 Å². The Hall–Kier alpha value is -0.410. The molecule has 96 valence electrons. The van der Waals surface area contributed by atoms with Crippen LogP contribution in [-0.4, -0.2) is 42.5 Å². The van der Waals surface area contributed by atoms with E-state index >= 15 is 0 Å². The molecule has 0 spiro atoms. The van der Waals surface area contributed by atoms with Crippen molar-refractivity contribution in [2.75, 3.05) is 19.8 Å². The summed E-state index contributed by atoms with van der Waals surface area (Å²) in [6, 6.07) is 1.13. The van der Waals surface area contributed by atoms with Crippen LogP contribution in [0.5, 0.6) is 0 Å². The van der Waals surface area contributed by atoms with Crippen molar-refractivity contribution in [2.45, 2.75) is 57.0 Å². The van der Waals surface area contributed by atoms with Crippen LogP contribution in [0.4, 0.5) is 0 Å². The Morgan fingerprint density at radius 1 is 1.06 bits per heavy atom. The van der Waals surface area contributed by atoms with Crippen molar-refractivity contribution in [2.24, 2.45) is 5.92 Å². The number of piperidine rings is 2. The zero-order valence-corrected chi connectivity index (χ0v) is 10.6. The maximum atomic E-state index is 11.7. The second-order valence-corrected chi connectivity index (χ2v) is 5.94. The first-order chi connectivity index (χ1) is 8.33. The maximum Gasteiger partial charge on any atom is 0.136 e. The van der Waals surface area contributed by atoms with Crippen LogP contribution in [0.1, 0.15) is 44.9 Å². The molecule has 2 bridgehead atoms. The minimum atomic E-state index is 0.503. The summed E-state index contributed by atoms with van der Waals surface area (Å²) in [5.41, 5.74) is 0. The van der Waals surface area contributed by atoms with Crippen LogP contribution in [0, 0.1) is 5.92 Å². The number of hydrogen-bond donors (Lipinski definition) is 0. The van der Waals surface area contributed by atoms with Crippen LogP contribution < -0.4 is 0 Å². The van der Waals surface area contributed by atoms with E-state index in [4.69, 9.17) is 4.74 Å². The van der Waals surface area contributed by atoms with Crippen molar-refractivity contribution in [3.05, 3.63) is 0 Å². The predicted molar refractivity (Wildman–Crippen MR) is 65.9 cm³/mol. The van der Waals surface area contributed by atoms with Gasteiger partial charge in [-0.1, -0.05) is 6.42 Å². The van der Waals surface area contributed by atoms with Gasteiger partial charge in [-0.3, -0.25) is 9.69 Å². The molecular weight excluding hydrogens is 214 g/mol. The van der Waals surface area contributed by atoms with Gasteiger partial charge < -0.3 is 4.74 Å². The third-order valence-electron chi connectivity index (χ3n) is 4.75. The van der Waals surface area contributed by atoms with Gasteiger partial charge in [0, 0.05) is 44.7 Å². The SMILES string of the molecule is O=C1CC2CCCC(C1)N2CC1CCOCC1. The minimum absolute atomic E-state index is 0.503. The molecule has 0 saturated carbocycles. The number of carbonyl (C=O) groups excluding carboxylic acids is 1. The summed E-state index contributed by atoms with van der Waals surface area (Å²) in [5, 5.41) is 0. The van der Waals surface area contributed by atoms with Gasteiger partial charge in [-0.15, -0.1) is 0 Å². The zero-order valence-electron chi connectivity index (χ0n) is 10.6. The van der Waals surface area contributed by atoms with Gasteiger partial charge >= 0.3 is 0 Å². The summed E-state index contributed by atoms with van der Waals surface area (Å²) in [6.07, 6.45) is 7.87. The molecule has 0 N–H and O–H groups in total. The van der Waals surface area contributed by atoms with Crippen molar-refractivity contribution in [1.29, 1.82) is 0 Å². The lowest BCUT2D eigenvalue weighted by Gasteiger charge is -2.47. The van der Waals surface area contributed by atoms with Gasteiger partial charge in [-0.25, -0.2) is 0 Å². The topological polar surface area (TPSA) is 29.5 Å². The molecule has 3 fully saturated rings. The van der Waals surface area contributed by atoms with Crippen LogP contribution in [-0.2, 0) is 9.53 Å². The Morgan fingerprint density at radius 3 is 2.35 bits per heavy atom. The van der Waals surface area contributed by atoms with Crippen LogP contribution in [0.25, 0.3) is 0 Å². The predicted octanol–water partition coefficient (Wildman–Crippen LogP) is 2.00. The lowest BCUT2D eigenvalue weighted by molar-refractivity contribution is -0.127. The van der Waals surface area contributed by atoms with E-state index in [9.17, 15) is 4.79 Å². The fourth-order valence-corrected chi connectivity index (χ4v) is 3.79. The molecule has 17 heavy (non-hydrogen) atoms. The molecule has 0 amide bonds. The zero-order chi connectivity index (χ0) is 11.7. The summed E-state index contributed by atoms with van der Waals surface area (Å²) in [7, 11) is 0. The highest BCUT2D eigenvalue weighted by Crippen LogP contribution is 2.33. The Balaban J connectivity index is 1.63. The highest BCUT2D eigenvalue weighted by Gasteiger charge is 2.38. The number of Topliss-reactive ketones (excluding diaryl/α,β-unsaturated/α-hetero) is 1. The average molecular weight is 237 g/mol. The number of ketones is 1. The molecule has 0 aliphatic carbocycles. The van der Waals surface area contributed by atoms with E-state index in [2.05, 4.69) is 4.90 Å². The van der Waals surface area contributed by atoms with Gasteiger partial charge in [-0.2, -0.15) is 0 Å². The first-order valence-electron chi connectivity index (χ1n) is 7.18. The van der Waals surface area contributed by atoms with E-state index < -0.39 is 0 Å². The van der Waals surface area contributed by atoms with E-state index in [0.717, 1.165) is 32.0 Å². The van der Waals surface area contributed by atoms with Gasteiger partial charge in [0.15, 0.2) is 0 Å². The van der Waals surface area contributed by atoms with Gasteiger partial charge in [-0.05, 0) is 31.6 Å². The molecule has 3 rings (SSSR count). The summed E-state index contributed by atoms with van der Waals surface area (Å²) < 4.78 is 5.43. The molecule has 3 heterocycles. The Kier molecular flexibility index (Phi) is 3.48. The second kappa shape index (κ2) is 5.07. The highest BCUT2D eigenvalue weighted by atomic mass is 16.5. The standard InChI is InChI=1S/C14H23NO2/c16-14-8-12-2-1-3-13(9-14)15(12)10-11-4-6-17-7-5-11/h11-13H,1-10H2. The lowest BCUT2D eigenvalue weighted by Crippen LogP contribution is -2.54. The smallest absolute Gasteiger partial charge is 0.136 e. The van der Waals surface area contributed by atoms with Crippen LogP contribution in [0.15, 0.2) is 0 Å². The molecular formula is C14H23NO2. The molecule has 3 aliphatic rings. The summed E-state index contributed by atoms with van der Waals surface area (Å²) >= 11 is 0. The van der Waals surface area contributed by atoms with E-state index in [0.29, 0.717) is 17.9 Å². The van der Waals surface area contributed by atoms with E-state index in [1.165, 1.54) is 38.6 Å². The molecule has 0 aromatic carbocycles. The monoisotopic (exact) mass is 237 g/mol. The third-order valence-corrected chi connectivity index (χ3v) is 4.75. The van der Waals surface area contributed by atoms with Crippen molar-refractivity contribution in [3.63, 3.8) is 0 Å². The number of nitrogens with zero attached hydrogens (tertiary/aromatic N) is 1. The van der Waals surface area contributed by atoms with Crippen LogP contribution >= 0.6 is 0 Å². The molecule has 2 atom stereocenters. The van der Waals surface area contributed by atoms with Crippen molar-refractivity contribution in [3.8, 4) is 0 Å². The molecule has 0 aromatic heterocycles. The Labute approximate surface area is 104 Å². The second-order valence-electron chi connectivity index (χ2n) is 5.94. The Morgan fingerprint density at radius 2 is 1.71 bits per heavy atom. The van der Waals surface area contributed by atoms with Gasteiger partial charge in [0.25, 0.3) is 0 Å². The average Bonchev–Trinajstić information content (AvgIpc) is 2.32. The fraction of sp³-hybridized carbons (Fsp3) is 0.929. The summed E-state index contributed by atoms with van der Waals surface area (Å²) in [6.45, 7) is 3.09. The molecule has 2 unspecified atom stereocenters. The van der Waals surface area contributed by atoms with Gasteiger partial charge in [0.1, 0.15) is 5.78 Å². The summed E-state index contributed by atoms with van der Waals surface area (Å²) in [5.74, 6) is 1.31. The molecule has 3 heteroatoms. The maximum absolute atomic E-state index is 11.7. The van der Waals surface area contributed by atoms with Crippen LogP contribution in [0.3, 0.4) is 0 Å². The Bertz CT molecular complexity index is 270. The summed E-state index contributed by atoms with van der Waals surface area (Å²) in [4.78, 5) is 14.3. The molecule has 0 aromatic rings. The first kappa shape index (κ1) is 11.7. The van der Waals surface area contributed by atoms with E-state index in [-0.39, 0.29) is 0 Å². The van der Waals surface area contributed by atoms with E-state index in [1.54, 1.807) is 0 Å². The number of carbonyl (C=O) groups is 1. The number of ether oxygens (including phenoxy) is 1. The normalized spacial score (nSPS) is 36.1. The third kappa shape index (κ3) is 2.55. The highest BCUT2D eigenvalue weighted by molar-refractivity contribution is 5.80. The molecule has 0 radical (unpaired) electrons. The van der Waals surface area contributed by atoms with Gasteiger partial charge in [0.2, 0.25) is 0 Å². The van der Waals surface area contributed by atoms with Crippen molar-refractivity contribution >= 4 is 5.78 Å². The number of hydrogen-bond acceptors (Lipinski definition) is 3. The lowest BCUT2D eigenvalue weighted by atomic mass is 9.82. The van der Waals surface area contributed by atoms with E-state index in [1.807, 2.05) is 0 Å². The number of fused-ring (bicyclic) bond motifs is 2. The van der Waals surface area contributed by atoms with Gasteiger partial charge in [0.05, 0.1) is 0 Å². The largest absolute Gasteiger partial charge is 0.381 e. The molecule has 3 nitrogen and oxygen atoms in total. The molecule has 3 saturated heterocycles.